The van der Waals surface area contributed by atoms with Gasteiger partial charge in [-0.15, -0.1) is 10.2 Å². The molecule has 3 aromatic rings. The number of aryl methyl sites for hydroxylation is 1. The maximum Gasteiger partial charge on any atom is 0.227 e. The number of amides is 1. The van der Waals surface area contributed by atoms with E-state index >= 15 is 0 Å². The molecule has 3 heterocycles. The minimum absolute atomic E-state index is 0.0667. The second-order valence-corrected chi connectivity index (χ2v) is 6.91. The van der Waals surface area contributed by atoms with Crippen molar-refractivity contribution < 1.29 is 9.18 Å². The molecule has 0 unspecified atom stereocenters. The number of anilines is 2. The second kappa shape index (κ2) is 7.75. The molecule has 28 heavy (non-hydrogen) atoms. The summed E-state index contributed by atoms with van der Waals surface area (Å²) in [6, 6.07) is 10.4. The smallest absolute Gasteiger partial charge is 0.227 e. The SMILES string of the molecule is Cc1ccc(NC(=O)C2CCN(c3ccc(-n4cccn4)nn3)CC2)cc1F. The molecule has 1 aliphatic heterocycles. The lowest BCUT2D eigenvalue weighted by Gasteiger charge is -2.31. The van der Waals surface area contributed by atoms with Crippen molar-refractivity contribution in [3.63, 3.8) is 0 Å². The third-order valence-corrected chi connectivity index (χ3v) is 5.00. The maximum atomic E-state index is 13.7. The molecule has 0 spiro atoms. The number of carbonyl (C=O) groups is 1. The molecule has 1 saturated heterocycles. The van der Waals surface area contributed by atoms with Crippen molar-refractivity contribution in [3.05, 3.63) is 60.2 Å². The molecular formula is C20H21FN6O. The molecule has 1 N–H and O–H groups in total. The van der Waals surface area contributed by atoms with Crippen LogP contribution in [0.3, 0.4) is 0 Å². The first-order chi connectivity index (χ1) is 13.6. The first-order valence-corrected chi connectivity index (χ1v) is 9.26. The van der Waals surface area contributed by atoms with Crippen molar-refractivity contribution >= 4 is 17.4 Å². The number of benzene rings is 1. The Labute approximate surface area is 162 Å². The summed E-state index contributed by atoms with van der Waals surface area (Å²) in [4.78, 5) is 14.6. The van der Waals surface area contributed by atoms with Gasteiger partial charge in [-0.3, -0.25) is 4.79 Å². The Bertz CT molecular complexity index is 949. The van der Waals surface area contributed by atoms with Crippen molar-refractivity contribution in [1.29, 1.82) is 0 Å². The number of rotatable bonds is 4. The summed E-state index contributed by atoms with van der Waals surface area (Å²) in [5, 5.41) is 15.5. The molecule has 0 radical (unpaired) electrons. The molecule has 1 aromatic carbocycles. The second-order valence-electron chi connectivity index (χ2n) is 6.91. The normalized spacial score (nSPS) is 14.9. The van der Waals surface area contributed by atoms with E-state index in [2.05, 4.69) is 25.5 Å². The number of hydrogen-bond acceptors (Lipinski definition) is 5. The summed E-state index contributed by atoms with van der Waals surface area (Å²) < 4.78 is 15.3. The molecule has 1 amide bonds. The fourth-order valence-corrected chi connectivity index (χ4v) is 3.30. The van der Waals surface area contributed by atoms with Crippen LogP contribution < -0.4 is 10.2 Å². The fraction of sp³-hybridized carbons (Fsp3) is 0.300. The van der Waals surface area contributed by atoms with Gasteiger partial charge in [-0.25, -0.2) is 9.07 Å². The van der Waals surface area contributed by atoms with E-state index < -0.39 is 0 Å². The number of nitrogens with zero attached hydrogens (tertiary/aromatic N) is 5. The average molecular weight is 380 g/mol. The number of halogens is 1. The van der Waals surface area contributed by atoms with Gasteiger partial charge in [0.15, 0.2) is 11.6 Å². The van der Waals surface area contributed by atoms with Gasteiger partial charge in [-0.2, -0.15) is 5.10 Å². The average Bonchev–Trinajstić information content (AvgIpc) is 3.26. The fourth-order valence-electron chi connectivity index (χ4n) is 3.30. The van der Waals surface area contributed by atoms with Crippen LogP contribution in [0, 0.1) is 18.7 Å². The van der Waals surface area contributed by atoms with Gasteiger partial charge in [0.1, 0.15) is 5.82 Å². The third-order valence-electron chi connectivity index (χ3n) is 5.00. The van der Waals surface area contributed by atoms with Crippen LogP contribution in [0.25, 0.3) is 5.82 Å². The van der Waals surface area contributed by atoms with E-state index in [1.807, 2.05) is 24.4 Å². The first-order valence-electron chi connectivity index (χ1n) is 9.26. The topological polar surface area (TPSA) is 75.9 Å². The van der Waals surface area contributed by atoms with Crippen molar-refractivity contribution in [3.8, 4) is 5.82 Å². The van der Waals surface area contributed by atoms with Crippen molar-refractivity contribution in [2.45, 2.75) is 19.8 Å². The maximum absolute atomic E-state index is 13.7. The molecule has 7 nitrogen and oxygen atoms in total. The van der Waals surface area contributed by atoms with Crippen LogP contribution >= 0.6 is 0 Å². The van der Waals surface area contributed by atoms with Gasteiger partial charge in [0, 0.05) is 37.1 Å². The van der Waals surface area contributed by atoms with Gasteiger partial charge in [-0.1, -0.05) is 6.07 Å². The molecule has 1 aliphatic rings. The summed E-state index contributed by atoms with van der Waals surface area (Å²) in [7, 11) is 0. The van der Waals surface area contributed by atoms with Crippen molar-refractivity contribution in [1.82, 2.24) is 20.0 Å². The Morgan fingerprint density at radius 1 is 1.14 bits per heavy atom. The summed E-state index contributed by atoms with van der Waals surface area (Å²) in [5.74, 6) is 0.966. The van der Waals surface area contributed by atoms with E-state index in [1.54, 1.807) is 29.9 Å². The quantitative estimate of drug-likeness (QED) is 0.753. The van der Waals surface area contributed by atoms with E-state index in [0.717, 1.165) is 18.9 Å². The van der Waals surface area contributed by atoms with Crippen LogP contribution in [-0.2, 0) is 4.79 Å². The molecule has 0 saturated carbocycles. The summed E-state index contributed by atoms with van der Waals surface area (Å²) in [5.41, 5.74) is 1.06. The highest BCUT2D eigenvalue weighted by Gasteiger charge is 2.26. The molecule has 0 aliphatic carbocycles. The van der Waals surface area contributed by atoms with E-state index in [1.165, 1.54) is 6.07 Å². The lowest BCUT2D eigenvalue weighted by molar-refractivity contribution is -0.120. The molecule has 8 heteroatoms. The van der Waals surface area contributed by atoms with Crippen molar-refractivity contribution in [2.75, 3.05) is 23.3 Å². The van der Waals surface area contributed by atoms with Crippen LogP contribution in [0.4, 0.5) is 15.9 Å². The monoisotopic (exact) mass is 380 g/mol. The van der Waals surface area contributed by atoms with E-state index in [4.69, 9.17) is 0 Å². The van der Waals surface area contributed by atoms with Gasteiger partial charge in [-0.05, 0) is 55.7 Å². The van der Waals surface area contributed by atoms with E-state index in [9.17, 15) is 9.18 Å². The van der Waals surface area contributed by atoms with Gasteiger partial charge >= 0.3 is 0 Å². The predicted octanol–water partition coefficient (Wildman–Crippen LogP) is 2.96. The van der Waals surface area contributed by atoms with E-state index in [-0.39, 0.29) is 17.6 Å². The zero-order valence-electron chi connectivity index (χ0n) is 15.5. The Hall–Kier alpha value is -3.29. The molecule has 144 valence electrons. The molecule has 1 fully saturated rings. The zero-order valence-corrected chi connectivity index (χ0v) is 15.5. The predicted molar refractivity (Wildman–Crippen MR) is 104 cm³/mol. The van der Waals surface area contributed by atoms with Gasteiger partial charge in [0.25, 0.3) is 0 Å². The molecular weight excluding hydrogens is 359 g/mol. The van der Waals surface area contributed by atoms with Crippen LogP contribution in [0.1, 0.15) is 18.4 Å². The van der Waals surface area contributed by atoms with Crippen LogP contribution in [0.5, 0.6) is 0 Å². The van der Waals surface area contributed by atoms with Crippen LogP contribution in [0.15, 0.2) is 48.8 Å². The van der Waals surface area contributed by atoms with E-state index in [0.29, 0.717) is 29.9 Å². The first kappa shape index (κ1) is 18.1. The number of piperidine rings is 1. The Kier molecular flexibility index (Phi) is 5.01. The Morgan fingerprint density at radius 3 is 2.54 bits per heavy atom. The molecule has 2 aromatic heterocycles. The Balaban J connectivity index is 1.33. The third kappa shape index (κ3) is 3.85. The highest BCUT2D eigenvalue weighted by molar-refractivity contribution is 5.92. The number of nitrogens with one attached hydrogen (secondary N) is 1. The zero-order chi connectivity index (χ0) is 19.5. The number of aromatic nitrogens is 4. The summed E-state index contributed by atoms with van der Waals surface area (Å²) in [6.45, 7) is 3.13. The van der Waals surface area contributed by atoms with Crippen LogP contribution in [-0.4, -0.2) is 39.0 Å². The minimum atomic E-state index is -0.315. The Morgan fingerprint density at radius 2 is 1.89 bits per heavy atom. The lowest BCUT2D eigenvalue weighted by Crippen LogP contribution is -2.38. The van der Waals surface area contributed by atoms with Crippen LogP contribution in [0.2, 0.25) is 0 Å². The molecule has 4 rings (SSSR count). The van der Waals surface area contributed by atoms with Gasteiger partial charge in [0.05, 0.1) is 0 Å². The van der Waals surface area contributed by atoms with Gasteiger partial charge < -0.3 is 10.2 Å². The molecule has 0 atom stereocenters. The standard InChI is InChI=1S/C20H21FN6O/c1-14-3-4-16(13-17(14)21)23-20(28)15-7-11-26(12-8-15)18-5-6-19(25-24-18)27-10-2-9-22-27/h2-6,9-10,13,15H,7-8,11-12H2,1H3,(H,23,28). The molecule has 0 bridgehead atoms. The lowest BCUT2D eigenvalue weighted by atomic mass is 9.95. The minimum Gasteiger partial charge on any atom is -0.355 e. The number of carbonyl (C=O) groups excluding carboxylic acids is 1. The number of hydrogen-bond donors (Lipinski definition) is 1. The summed E-state index contributed by atoms with van der Waals surface area (Å²) >= 11 is 0. The largest absolute Gasteiger partial charge is 0.355 e. The van der Waals surface area contributed by atoms with Gasteiger partial charge in [0.2, 0.25) is 5.91 Å². The summed E-state index contributed by atoms with van der Waals surface area (Å²) in [6.07, 6.45) is 4.93. The highest BCUT2D eigenvalue weighted by atomic mass is 19.1. The van der Waals surface area contributed by atoms with Crippen molar-refractivity contribution in [2.24, 2.45) is 5.92 Å². The highest BCUT2D eigenvalue weighted by Crippen LogP contribution is 2.23.